The number of aliphatic hydroxyl groups excluding tert-OH is 4. The maximum atomic E-state index is 13.0. The maximum Gasteiger partial charge on any atom is 0.516 e. The van der Waals surface area contributed by atoms with Gasteiger partial charge >= 0.3 is 15.5 Å². The van der Waals surface area contributed by atoms with Gasteiger partial charge in [0.15, 0.2) is 0 Å². The molecule has 0 spiro atoms. The largest absolute Gasteiger partial charge is 0.516 e. The van der Waals surface area contributed by atoms with E-state index in [4.69, 9.17) is 4.74 Å². The fourth-order valence-electron chi connectivity index (χ4n) is 3.94. The van der Waals surface area contributed by atoms with E-state index in [1.54, 1.807) is 0 Å². The van der Waals surface area contributed by atoms with Crippen LogP contribution in [0.1, 0.15) is 22.1 Å². The van der Waals surface area contributed by atoms with E-state index in [2.05, 4.69) is 0 Å². The predicted molar refractivity (Wildman–Crippen MR) is 122 cm³/mol. The Balaban J connectivity index is 1.75. The average Bonchev–Trinajstić information content (AvgIpc) is 3.20. The van der Waals surface area contributed by atoms with Crippen LogP contribution in [0.4, 0.5) is 18.9 Å². The molecule has 0 amide bonds. The Kier molecular flexibility index (Phi) is 7.12. The number of sulfonamides is 1. The summed E-state index contributed by atoms with van der Waals surface area (Å²) in [6.45, 7) is -0.757. The van der Waals surface area contributed by atoms with Crippen LogP contribution >= 0.6 is 11.3 Å². The Labute approximate surface area is 202 Å². The van der Waals surface area contributed by atoms with Crippen molar-refractivity contribution in [1.29, 1.82) is 0 Å². The molecule has 1 fully saturated rings. The average molecular weight is 534 g/mol. The highest BCUT2D eigenvalue weighted by molar-refractivity contribution is 7.93. The first-order valence-electron chi connectivity index (χ1n) is 10.4. The van der Waals surface area contributed by atoms with Crippen LogP contribution in [-0.2, 0) is 21.2 Å². The molecule has 8 nitrogen and oxygen atoms in total. The van der Waals surface area contributed by atoms with Crippen LogP contribution in [0.15, 0.2) is 48.5 Å². The normalized spacial score (nSPS) is 25.6. The summed E-state index contributed by atoms with van der Waals surface area (Å²) in [5.41, 5.74) is -5.74. The number of aliphatic hydroxyl groups is 4. The molecule has 2 heterocycles. The molecule has 35 heavy (non-hydrogen) atoms. The van der Waals surface area contributed by atoms with Gasteiger partial charge in [-0.1, -0.05) is 30.3 Å². The van der Waals surface area contributed by atoms with Gasteiger partial charge in [-0.25, -0.2) is 0 Å². The second-order valence-electron chi connectivity index (χ2n) is 8.15. The van der Waals surface area contributed by atoms with Crippen LogP contribution in [0.2, 0.25) is 0 Å². The minimum atomic E-state index is -5.81. The smallest absolute Gasteiger partial charge is 0.394 e. The number of anilines is 1. The Bertz CT molecular complexity index is 1280. The van der Waals surface area contributed by atoms with E-state index in [-0.39, 0.29) is 5.56 Å². The number of benzene rings is 2. The molecule has 5 N–H and O–H groups in total. The molecule has 190 valence electrons. The van der Waals surface area contributed by atoms with Crippen molar-refractivity contribution >= 4 is 37.1 Å². The zero-order valence-corrected chi connectivity index (χ0v) is 19.5. The molecular weight excluding hydrogens is 511 g/mol. The lowest BCUT2D eigenvalue weighted by Crippen LogP contribution is -2.55. The molecule has 13 heteroatoms. The lowest BCUT2D eigenvalue weighted by Gasteiger charge is -2.40. The monoisotopic (exact) mass is 533 g/mol. The highest BCUT2D eigenvalue weighted by atomic mass is 32.2. The Morgan fingerprint density at radius 2 is 1.71 bits per heavy atom. The number of hydrogen-bond acceptors (Lipinski definition) is 8. The number of halogens is 3. The van der Waals surface area contributed by atoms with Crippen LogP contribution < -0.4 is 4.72 Å². The lowest BCUT2D eigenvalue weighted by molar-refractivity contribution is -0.231. The SMILES string of the molecule is O=S(=O)(Nc1ccc(Cc2cc3ccccc3s2)cc1[C@@H]1O[C@H](CO)[C@@H](O)[C@H](O)[C@H]1O)C(F)(F)F. The molecule has 0 radical (unpaired) electrons. The van der Waals surface area contributed by atoms with E-state index in [0.29, 0.717) is 12.0 Å². The second-order valence-corrected chi connectivity index (χ2v) is 11.0. The van der Waals surface area contributed by atoms with Crippen molar-refractivity contribution in [3.63, 3.8) is 0 Å². The van der Waals surface area contributed by atoms with Gasteiger partial charge in [0.2, 0.25) is 0 Å². The summed E-state index contributed by atoms with van der Waals surface area (Å²) in [7, 11) is -5.81. The van der Waals surface area contributed by atoms with Crippen molar-refractivity contribution < 1.29 is 46.8 Å². The third-order valence-electron chi connectivity index (χ3n) is 5.72. The zero-order valence-electron chi connectivity index (χ0n) is 17.9. The summed E-state index contributed by atoms with van der Waals surface area (Å²) >= 11 is 1.51. The van der Waals surface area contributed by atoms with Crippen molar-refractivity contribution in [3.05, 3.63) is 64.5 Å². The van der Waals surface area contributed by atoms with Gasteiger partial charge in [-0.05, 0) is 29.1 Å². The van der Waals surface area contributed by atoms with Crippen LogP contribution in [-0.4, -0.2) is 65.4 Å². The third kappa shape index (κ3) is 5.16. The van der Waals surface area contributed by atoms with Crippen molar-refractivity contribution in [2.45, 2.75) is 42.4 Å². The molecule has 1 aromatic heterocycles. The fourth-order valence-corrected chi connectivity index (χ4v) is 5.63. The quantitative estimate of drug-likeness (QED) is 0.328. The van der Waals surface area contributed by atoms with Crippen LogP contribution in [0.25, 0.3) is 10.1 Å². The summed E-state index contributed by atoms with van der Waals surface area (Å²) in [5.74, 6) is 0. The highest BCUT2D eigenvalue weighted by Crippen LogP contribution is 2.39. The minimum Gasteiger partial charge on any atom is -0.394 e. The predicted octanol–water partition coefficient (Wildman–Crippen LogP) is 2.27. The summed E-state index contributed by atoms with van der Waals surface area (Å²) in [6.07, 6.45) is -7.85. The number of hydrogen-bond donors (Lipinski definition) is 5. The van der Waals surface area contributed by atoms with E-state index in [9.17, 15) is 42.0 Å². The van der Waals surface area contributed by atoms with Gasteiger partial charge in [0.1, 0.15) is 30.5 Å². The first kappa shape index (κ1) is 25.8. The number of thiophene rings is 1. The van der Waals surface area contributed by atoms with Crippen molar-refractivity contribution in [2.24, 2.45) is 0 Å². The molecule has 1 saturated heterocycles. The topological polar surface area (TPSA) is 136 Å². The minimum absolute atomic E-state index is 0.187. The number of alkyl halides is 3. The van der Waals surface area contributed by atoms with Gasteiger partial charge in [-0.3, -0.25) is 4.72 Å². The number of nitrogens with one attached hydrogen (secondary N) is 1. The Hall–Kier alpha value is -2.26. The summed E-state index contributed by atoms with van der Waals surface area (Å²) < 4.78 is 70.7. The van der Waals surface area contributed by atoms with Gasteiger partial charge in [0.25, 0.3) is 0 Å². The van der Waals surface area contributed by atoms with E-state index in [1.165, 1.54) is 28.2 Å². The second kappa shape index (κ2) is 9.65. The molecule has 0 unspecified atom stereocenters. The van der Waals surface area contributed by atoms with Crippen molar-refractivity contribution in [2.75, 3.05) is 11.3 Å². The molecular formula is C22H22F3NO7S2. The lowest BCUT2D eigenvalue weighted by atomic mass is 9.89. The molecule has 4 rings (SSSR count). The molecule has 1 aliphatic rings. The van der Waals surface area contributed by atoms with E-state index in [0.717, 1.165) is 21.0 Å². The van der Waals surface area contributed by atoms with Gasteiger partial charge in [-0.2, -0.15) is 21.6 Å². The molecule has 0 bridgehead atoms. The molecule has 0 aliphatic carbocycles. The van der Waals surface area contributed by atoms with Crippen LogP contribution in [0, 0.1) is 0 Å². The Morgan fingerprint density at radius 3 is 2.37 bits per heavy atom. The first-order chi connectivity index (χ1) is 16.4. The number of fused-ring (bicyclic) bond motifs is 1. The van der Waals surface area contributed by atoms with Crippen LogP contribution in [0.5, 0.6) is 0 Å². The van der Waals surface area contributed by atoms with E-state index < -0.39 is 58.3 Å². The van der Waals surface area contributed by atoms with Gasteiger partial charge in [-0.15, -0.1) is 11.3 Å². The zero-order chi connectivity index (χ0) is 25.5. The van der Waals surface area contributed by atoms with Gasteiger partial charge in [0, 0.05) is 21.6 Å². The molecule has 3 aromatic rings. The summed E-state index contributed by atoms with van der Waals surface area (Å²) in [4.78, 5) is 0.926. The van der Waals surface area contributed by atoms with E-state index in [1.807, 2.05) is 30.3 Å². The van der Waals surface area contributed by atoms with E-state index >= 15 is 0 Å². The molecule has 2 aromatic carbocycles. The molecule has 1 aliphatic heterocycles. The maximum absolute atomic E-state index is 13.0. The third-order valence-corrected chi connectivity index (χ3v) is 7.93. The molecule has 0 saturated carbocycles. The summed E-state index contributed by atoms with van der Waals surface area (Å²) in [5, 5.41) is 41.2. The fraction of sp³-hybridized carbons (Fsp3) is 0.364. The van der Waals surface area contributed by atoms with Gasteiger partial charge in [0.05, 0.1) is 12.3 Å². The van der Waals surface area contributed by atoms with Crippen LogP contribution in [0.3, 0.4) is 0 Å². The van der Waals surface area contributed by atoms with Crippen molar-refractivity contribution in [1.82, 2.24) is 0 Å². The number of rotatable bonds is 6. The van der Waals surface area contributed by atoms with Crippen molar-refractivity contribution in [3.8, 4) is 0 Å². The van der Waals surface area contributed by atoms with Gasteiger partial charge < -0.3 is 25.2 Å². The molecule has 5 atom stereocenters. The Morgan fingerprint density at radius 1 is 1.00 bits per heavy atom. The standard InChI is InChI=1S/C22H22F3NO7S2/c23-22(24,25)35(31,32)26-15-6-5-11(7-13-9-12-3-1-2-4-17(12)34-13)8-14(15)21-20(30)19(29)18(28)16(10-27)33-21/h1-6,8-9,16,18-21,26-30H,7,10H2/t16-,18-,19+,20-,21+/m1/s1. The number of ether oxygens (including phenoxy) is 1. The highest BCUT2D eigenvalue weighted by Gasteiger charge is 2.48. The first-order valence-corrected chi connectivity index (χ1v) is 12.7. The summed E-state index contributed by atoms with van der Waals surface area (Å²) in [6, 6.07) is 13.5.